The van der Waals surface area contributed by atoms with Gasteiger partial charge in [0.1, 0.15) is 5.82 Å². The van der Waals surface area contributed by atoms with Crippen molar-refractivity contribution in [1.82, 2.24) is 29.3 Å². The molecule has 0 N–H and O–H groups in total. The first-order valence-corrected chi connectivity index (χ1v) is 18.2. The molecule has 0 saturated heterocycles. The normalized spacial score (nSPS) is 10.9. The number of rotatable bonds is 5. The van der Waals surface area contributed by atoms with Crippen LogP contribution in [0.15, 0.2) is 109 Å². The molecule has 12 heteroatoms. The van der Waals surface area contributed by atoms with E-state index in [1.54, 1.807) is 12.1 Å². The van der Waals surface area contributed by atoms with Gasteiger partial charge >= 0.3 is 6.18 Å². The van der Waals surface area contributed by atoms with Gasteiger partial charge in [0.25, 0.3) is 12.7 Å². The summed E-state index contributed by atoms with van der Waals surface area (Å²) in [5.74, 6) is -1.37. The maximum absolute atomic E-state index is 12.1. The van der Waals surface area contributed by atoms with E-state index in [-0.39, 0.29) is 31.6 Å². The molecule has 4 aromatic carbocycles. The van der Waals surface area contributed by atoms with Crippen LogP contribution in [-0.4, -0.2) is 24.2 Å². The van der Waals surface area contributed by atoms with Gasteiger partial charge in [-0.3, -0.25) is 19.2 Å². The van der Waals surface area contributed by atoms with Gasteiger partial charge in [-0.25, -0.2) is 0 Å². The molecule has 4 aromatic heterocycles. The molecule has 0 atom stereocenters. The molecule has 1 radical (unpaired) electrons. The number of nitrogens with zero attached hydrogens (tertiary/aromatic N) is 8. The van der Waals surface area contributed by atoms with Crippen molar-refractivity contribution in [2.45, 2.75) is 61.6 Å². The summed E-state index contributed by atoms with van der Waals surface area (Å²) in [5, 5.41) is 6.25. The monoisotopic (exact) mass is 956 g/mol. The molecule has 8 rings (SSSR count). The van der Waals surface area contributed by atoms with E-state index in [0.717, 1.165) is 22.7 Å². The number of aromatic nitrogens is 8. The van der Waals surface area contributed by atoms with Gasteiger partial charge in [-0.1, -0.05) is 55.3 Å². The Labute approximate surface area is 351 Å². The molecule has 0 unspecified atom stereocenters. The SMILES string of the molecule is Cc1c[c-]c(-n2[c-][n+](-c3ccc(C)cc3)c(C)c2C)cc1.Cc1c[c-]c(-n2[c-][n+](-c3ccc(C)cc3)c(C)c2C)cc1.FC(F)(F)c1n[n-]c(-c2ccccn2)n1.[Ir]. The summed E-state index contributed by atoms with van der Waals surface area (Å²) >= 11 is 0. The van der Waals surface area contributed by atoms with Crippen LogP contribution in [0.5, 0.6) is 0 Å². The first kappa shape index (κ1) is 43.2. The minimum absolute atomic E-state index is 0. The van der Waals surface area contributed by atoms with Gasteiger partial charge in [0.05, 0.1) is 28.5 Å². The van der Waals surface area contributed by atoms with E-state index in [1.165, 1.54) is 57.3 Å². The fourth-order valence-corrected chi connectivity index (χ4v) is 5.74. The van der Waals surface area contributed by atoms with Gasteiger partial charge < -0.3 is 19.2 Å². The molecule has 0 bridgehead atoms. The van der Waals surface area contributed by atoms with E-state index in [9.17, 15) is 13.2 Å². The molecule has 8 nitrogen and oxygen atoms in total. The van der Waals surface area contributed by atoms with Gasteiger partial charge in [-0.05, 0) is 95.1 Å². The van der Waals surface area contributed by atoms with Crippen LogP contribution >= 0.6 is 0 Å². The topological polar surface area (TPSA) is 70.4 Å². The Kier molecular flexibility index (Phi) is 13.8. The second kappa shape index (κ2) is 18.5. The zero-order valence-electron chi connectivity index (χ0n) is 33.4. The number of halogens is 3. The maximum atomic E-state index is 12.1. The first-order chi connectivity index (χ1) is 27.2. The number of imidazole rings is 2. The summed E-state index contributed by atoms with van der Waals surface area (Å²) in [6, 6.07) is 40.8. The van der Waals surface area contributed by atoms with Crippen LogP contribution in [-0.2, 0) is 26.3 Å². The Balaban J connectivity index is 0.000000167. The van der Waals surface area contributed by atoms with Crippen LogP contribution in [0.25, 0.3) is 34.3 Å². The maximum Gasteiger partial charge on any atom is 0.429 e. The van der Waals surface area contributed by atoms with Gasteiger partial charge in [0.2, 0.25) is 0 Å². The zero-order valence-corrected chi connectivity index (χ0v) is 35.8. The van der Waals surface area contributed by atoms with Crippen LogP contribution < -0.4 is 14.2 Å². The average molecular weight is 956 g/mol. The van der Waals surface area contributed by atoms with E-state index in [2.05, 4.69) is 191 Å². The van der Waals surface area contributed by atoms with E-state index in [1.807, 2.05) is 12.1 Å². The quantitative estimate of drug-likeness (QED) is 0.128. The molecule has 0 saturated carbocycles. The van der Waals surface area contributed by atoms with Crippen molar-refractivity contribution >= 4 is 0 Å². The van der Waals surface area contributed by atoms with Gasteiger partial charge in [-0.2, -0.15) is 72.8 Å². The predicted molar refractivity (Wildman–Crippen MR) is 211 cm³/mol. The fourth-order valence-electron chi connectivity index (χ4n) is 5.74. The average Bonchev–Trinajstić information content (AvgIpc) is 3.91. The van der Waals surface area contributed by atoms with Crippen molar-refractivity contribution in [3.8, 4) is 34.3 Å². The van der Waals surface area contributed by atoms with Crippen LogP contribution in [0.3, 0.4) is 0 Å². The van der Waals surface area contributed by atoms with Gasteiger partial charge in [0, 0.05) is 37.7 Å². The summed E-state index contributed by atoms with van der Waals surface area (Å²) in [6.07, 6.45) is 3.72. The fraction of sp³-hybridized carbons (Fsp3) is 0.196. The molecule has 0 aliphatic rings. The molecule has 0 spiro atoms. The summed E-state index contributed by atoms with van der Waals surface area (Å²) in [5.41, 5.74) is 14.3. The summed E-state index contributed by atoms with van der Waals surface area (Å²) < 4.78 is 44.7. The Morgan fingerprint density at radius 3 is 1.40 bits per heavy atom. The molecule has 0 aliphatic carbocycles. The number of benzene rings is 4. The van der Waals surface area contributed by atoms with Crippen LogP contribution in [0.4, 0.5) is 13.2 Å². The van der Waals surface area contributed by atoms with E-state index < -0.39 is 12.0 Å². The minimum Gasteiger partial charge on any atom is -0.413 e. The molecule has 8 aromatic rings. The molecule has 0 amide bonds. The van der Waals surface area contributed by atoms with Crippen LogP contribution in [0, 0.1) is 80.2 Å². The number of aryl methyl sites for hydroxylation is 4. The van der Waals surface area contributed by atoms with Crippen molar-refractivity contribution < 1.29 is 42.4 Å². The van der Waals surface area contributed by atoms with Gasteiger partial charge in [-0.15, -0.1) is 0 Å². The molecule has 58 heavy (non-hydrogen) atoms. The largest absolute Gasteiger partial charge is 0.429 e. The Morgan fingerprint density at radius 2 is 1.03 bits per heavy atom. The number of hydrogen-bond acceptors (Lipinski definition) is 3. The molecule has 0 fully saturated rings. The van der Waals surface area contributed by atoms with Crippen molar-refractivity contribution in [1.29, 1.82) is 0 Å². The second-order valence-electron chi connectivity index (χ2n) is 13.7. The third-order valence-electron chi connectivity index (χ3n) is 9.36. The van der Waals surface area contributed by atoms with Crippen molar-refractivity contribution in [2.24, 2.45) is 0 Å². The summed E-state index contributed by atoms with van der Waals surface area (Å²) in [4.78, 5) is 7.05. The smallest absolute Gasteiger partial charge is 0.413 e. The summed E-state index contributed by atoms with van der Waals surface area (Å²) in [6.45, 7) is 16.8. The Bertz CT molecular complexity index is 2280. The molecular formula is C46H42F3IrN8-3. The van der Waals surface area contributed by atoms with E-state index in [0.29, 0.717) is 0 Å². The van der Waals surface area contributed by atoms with E-state index >= 15 is 0 Å². The third kappa shape index (κ3) is 10.1. The van der Waals surface area contributed by atoms with Crippen molar-refractivity contribution in [2.75, 3.05) is 0 Å². The number of hydrogen-bond donors (Lipinski definition) is 0. The third-order valence-corrected chi connectivity index (χ3v) is 9.36. The number of pyridine rings is 1. The second-order valence-corrected chi connectivity index (χ2v) is 13.7. The Morgan fingerprint density at radius 1 is 0.586 bits per heavy atom. The zero-order chi connectivity index (χ0) is 40.9. The first-order valence-electron chi connectivity index (χ1n) is 18.2. The molecule has 4 heterocycles. The van der Waals surface area contributed by atoms with Crippen molar-refractivity contribution in [3.05, 3.63) is 185 Å². The van der Waals surface area contributed by atoms with E-state index in [4.69, 9.17) is 0 Å². The molecule has 299 valence electrons. The molecular weight excluding hydrogens is 914 g/mol. The van der Waals surface area contributed by atoms with Crippen LogP contribution in [0.2, 0.25) is 0 Å². The minimum atomic E-state index is -4.57. The summed E-state index contributed by atoms with van der Waals surface area (Å²) in [7, 11) is 0. The van der Waals surface area contributed by atoms with Gasteiger partial charge in [0.15, 0.2) is 0 Å². The predicted octanol–water partition coefficient (Wildman–Crippen LogP) is 8.69. The van der Waals surface area contributed by atoms with Crippen molar-refractivity contribution in [3.63, 3.8) is 0 Å². The number of alkyl halides is 3. The standard InChI is InChI=1S/2C19H19N2.C8H4F3N4.Ir/c2*1-14-5-9-18(10-6-14)20-13-21(17(4)16(20)3)19-11-7-15(2)8-12-19;9-8(10,11)7-13-6(14-15-7)5-3-1-2-4-12-5;/h2*5-11H,1-4H3;1-4H;/q3*-1;. The van der Waals surface area contributed by atoms with Crippen LogP contribution in [0.1, 0.15) is 50.9 Å². The Hall–Kier alpha value is -5.97. The molecule has 0 aliphatic heterocycles.